The lowest BCUT2D eigenvalue weighted by atomic mass is 10.2. The third-order valence-electron chi connectivity index (χ3n) is 2.27. The lowest BCUT2D eigenvalue weighted by molar-refractivity contribution is -0.132. The summed E-state index contributed by atoms with van der Waals surface area (Å²) in [5.74, 6) is 0.236. The predicted octanol–water partition coefficient (Wildman–Crippen LogP) is 1.12. The van der Waals surface area contributed by atoms with E-state index in [1.165, 1.54) is 12.8 Å². The Morgan fingerprint density at radius 1 is 1.62 bits per heavy atom. The zero-order chi connectivity index (χ0) is 9.84. The van der Waals surface area contributed by atoms with Gasteiger partial charge in [0.1, 0.15) is 0 Å². The van der Waals surface area contributed by atoms with Gasteiger partial charge in [0.15, 0.2) is 0 Å². The van der Waals surface area contributed by atoms with Crippen LogP contribution in [0.2, 0.25) is 0 Å². The van der Waals surface area contributed by atoms with Gasteiger partial charge in [0.05, 0.1) is 0 Å². The Bertz CT molecular complexity index is 176. The van der Waals surface area contributed by atoms with Crippen molar-refractivity contribution < 1.29 is 4.79 Å². The number of carbonyl (C=O) groups is 1. The Morgan fingerprint density at radius 2 is 2.23 bits per heavy atom. The van der Waals surface area contributed by atoms with Crippen LogP contribution in [0, 0.1) is 0 Å². The Kier molecular flexibility index (Phi) is 3.72. The molecule has 3 heteroatoms. The molecule has 76 valence electrons. The van der Waals surface area contributed by atoms with Gasteiger partial charge in [-0.05, 0) is 26.2 Å². The molecular weight excluding hydrogens is 164 g/mol. The molecule has 2 N–H and O–H groups in total. The molecule has 0 aromatic carbocycles. The second-order valence-electron chi connectivity index (χ2n) is 4.00. The van der Waals surface area contributed by atoms with E-state index in [9.17, 15) is 4.79 Å². The van der Waals surface area contributed by atoms with Crippen LogP contribution in [-0.4, -0.2) is 29.4 Å². The lowest BCUT2D eigenvalue weighted by Crippen LogP contribution is -2.37. The van der Waals surface area contributed by atoms with Gasteiger partial charge >= 0.3 is 0 Å². The molecule has 0 saturated heterocycles. The summed E-state index contributed by atoms with van der Waals surface area (Å²) in [6, 6.07) is 0.525. The lowest BCUT2D eigenvalue weighted by Gasteiger charge is -2.22. The van der Waals surface area contributed by atoms with Crippen LogP contribution in [-0.2, 0) is 4.79 Å². The first-order valence-corrected chi connectivity index (χ1v) is 5.20. The summed E-state index contributed by atoms with van der Waals surface area (Å²) in [5.41, 5.74) is 5.60. The highest BCUT2D eigenvalue weighted by Crippen LogP contribution is 2.27. The first kappa shape index (κ1) is 10.5. The van der Waals surface area contributed by atoms with Crippen molar-refractivity contribution >= 4 is 5.91 Å². The van der Waals surface area contributed by atoms with Gasteiger partial charge in [-0.2, -0.15) is 0 Å². The van der Waals surface area contributed by atoms with E-state index < -0.39 is 0 Å². The van der Waals surface area contributed by atoms with Crippen LogP contribution in [0.4, 0.5) is 0 Å². The highest BCUT2D eigenvalue weighted by molar-refractivity contribution is 5.77. The van der Waals surface area contributed by atoms with Crippen LogP contribution in [0.5, 0.6) is 0 Å². The summed E-state index contributed by atoms with van der Waals surface area (Å²) in [6.07, 6.45) is 3.91. The van der Waals surface area contributed by atoms with Crippen LogP contribution >= 0.6 is 0 Å². The molecule has 3 nitrogen and oxygen atoms in total. The zero-order valence-electron chi connectivity index (χ0n) is 8.62. The molecule has 0 spiro atoms. The van der Waals surface area contributed by atoms with E-state index in [1.54, 1.807) is 0 Å². The molecule has 1 aliphatic carbocycles. The Labute approximate surface area is 80.3 Å². The van der Waals surface area contributed by atoms with E-state index in [0.717, 1.165) is 13.0 Å². The quantitative estimate of drug-likeness (QED) is 0.696. The van der Waals surface area contributed by atoms with Crippen molar-refractivity contribution in [2.45, 2.75) is 51.6 Å². The number of nitrogens with two attached hydrogens (primary N) is 1. The average Bonchev–Trinajstić information content (AvgIpc) is 2.81. The third-order valence-corrected chi connectivity index (χ3v) is 2.27. The van der Waals surface area contributed by atoms with E-state index in [0.29, 0.717) is 12.5 Å². The molecule has 13 heavy (non-hydrogen) atoms. The summed E-state index contributed by atoms with van der Waals surface area (Å²) >= 11 is 0. The maximum Gasteiger partial charge on any atom is 0.224 e. The highest BCUT2D eigenvalue weighted by atomic mass is 16.2. The normalized spacial score (nSPS) is 18.4. The van der Waals surface area contributed by atoms with Crippen LogP contribution in [0.15, 0.2) is 0 Å². The standard InChI is InChI=1S/C10H20N2O/c1-3-6-12(9-4-5-9)10(13)7-8(2)11/h8-9H,3-7,11H2,1-2H3. The predicted molar refractivity (Wildman–Crippen MR) is 53.3 cm³/mol. The second-order valence-corrected chi connectivity index (χ2v) is 4.00. The molecule has 1 amide bonds. The number of nitrogens with zero attached hydrogens (tertiary/aromatic N) is 1. The molecule has 1 rings (SSSR count). The summed E-state index contributed by atoms with van der Waals surface area (Å²) < 4.78 is 0. The van der Waals surface area contributed by atoms with Crippen LogP contribution in [0.1, 0.15) is 39.5 Å². The van der Waals surface area contributed by atoms with Crippen molar-refractivity contribution in [2.75, 3.05) is 6.54 Å². The molecule has 0 aromatic heterocycles. The van der Waals surface area contributed by atoms with Gasteiger partial charge in [0.2, 0.25) is 5.91 Å². The minimum absolute atomic E-state index is 0.00870. The fourth-order valence-corrected chi connectivity index (χ4v) is 1.53. The van der Waals surface area contributed by atoms with Gasteiger partial charge < -0.3 is 10.6 Å². The van der Waals surface area contributed by atoms with E-state index in [2.05, 4.69) is 6.92 Å². The number of rotatable bonds is 5. The van der Waals surface area contributed by atoms with Gasteiger partial charge in [0.25, 0.3) is 0 Å². The average molecular weight is 184 g/mol. The number of hydrogen-bond acceptors (Lipinski definition) is 2. The summed E-state index contributed by atoms with van der Waals surface area (Å²) in [4.78, 5) is 13.7. The molecule has 1 unspecified atom stereocenters. The first-order chi connectivity index (χ1) is 6.15. The zero-order valence-corrected chi connectivity index (χ0v) is 8.62. The van der Waals surface area contributed by atoms with Crippen LogP contribution in [0.3, 0.4) is 0 Å². The van der Waals surface area contributed by atoms with Crippen molar-refractivity contribution in [3.8, 4) is 0 Å². The van der Waals surface area contributed by atoms with E-state index in [-0.39, 0.29) is 11.9 Å². The van der Waals surface area contributed by atoms with Crippen molar-refractivity contribution in [1.82, 2.24) is 4.90 Å². The molecular formula is C10H20N2O. The fraction of sp³-hybridized carbons (Fsp3) is 0.900. The molecule has 0 radical (unpaired) electrons. The second kappa shape index (κ2) is 4.61. The molecule has 1 fully saturated rings. The van der Waals surface area contributed by atoms with E-state index in [1.807, 2.05) is 11.8 Å². The molecule has 0 heterocycles. The van der Waals surface area contributed by atoms with Crippen LogP contribution in [0.25, 0.3) is 0 Å². The van der Waals surface area contributed by atoms with Gasteiger partial charge in [-0.1, -0.05) is 6.92 Å². The third kappa shape index (κ3) is 3.35. The number of hydrogen-bond donors (Lipinski definition) is 1. The molecule has 1 saturated carbocycles. The largest absolute Gasteiger partial charge is 0.340 e. The summed E-state index contributed by atoms with van der Waals surface area (Å²) in [7, 11) is 0. The van der Waals surface area contributed by atoms with E-state index >= 15 is 0 Å². The van der Waals surface area contributed by atoms with Gasteiger partial charge in [0, 0.05) is 25.0 Å². The van der Waals surface area contributed by atoms with Crippen molar-refractivity contribution in [3.05, 3.63) is 0 Å². The molecule has 1 aliphatic rings. The molecule has 0 bridgehead atoms. The Hall–Kier alpha value is -0.570. The van der Waals surface area contributed by atoms with Gasteiger partial charge in [-0.3, -0.25) is 4.79 Å². The summed E-state index contributed by atoms with van der Waals surface area (Å²) in [6.45, 7) is 4.89. The first-order valence-electron chi connectivity index (χ1n) is 5.20. The SMILES string of the molecule is CCCN(C(=O)CC(C)N)C1CC1. The molecule has 1 atom stereocenters. The van der Waals surface area contributed by atoms with E-state index in [4.69, 9.17) is 5.73 Å². The maximum atomic E-state index is 11.7. The minimum atomic E-state index is -0.00870. The molecule has 0 aliphatic heterocycles. The topological polar surface area (TPSA) is 46.3 Å². The fourth-order valence-electron chi connectivity index (χ4n) is 1.53. The van der Waals surface area contributed by atoms with Crippen molar-refractivity contribution in [2.24, 2.45) is 5.73 Å². The van der Waals surface area contributed by atoms with Crippen LogP contribution < -0.4 is 5.73 Å². The Balaban J connectivity index is 2.38. The number of carbonyl (C=O) groups excluding carboxylic acids is 1. The highest BCUT2D eigenvalue weighted by Gasteiger charge is 2.31. The van der Waals surface area contributed by atoms with Crippen molar-refractivity contribution in [1.29, 1.82) is 0 Å². The minimum Gasteiger partial charge on any atom is -0.340 e. The van der Waals surface area contributed by atoms with Gasteiger partial charge in [-0.25, -0.2) is 0 Å². The monoisotopic (exact) mass is 184 g/mol. The van der Waals surface area contributed by atoms with Crippen molar-refractivity contribution in [3.63, 3.8) is 0 Å². The maximum absolute atomic E-state index is 11.7. The van der Waals surface area contributed by atoms with Gasteiger partial charge in [-0.15, -0.1) is 0 Å². The number of amides is 1. The molecule has 0 aromatic rings. The Morgan fingerprint density at radius 3 is 2.62 bits per heavy atom. The smallest absolute Gasteiger partial charge is 0.224 e. The summed E-state index contributed by atoms with van der Waals surface area (Å²) in [5, 5.41) is 0.